The Morgan fingerprint density at radius 3 is 2.29 bits per heavy atom. The summed E-state index contributed by atoms with van der Waals surface area (Å²) < 4.78 is 45.3. The molecule has 31 heavy (non-hydrogen) atoms. The molecule has 0 N–H and O–H groups in total. The molecule has 4 aromatic rings. The monoisotopic (exact) mass is 443 g/mol. The average Bonchev–Trinajstić information content (AvgIpc) is 3.13. The molecular weight excluding hydrogens is 427 g/mol. The average molecular weight is 443 g/mol. The molecule has 0 amide bonds. The van der Waals surface area contributed by atoms with Crippen molar-refractivity contribution in [3.8, 4) is 16.8 Å². The lowest BCUT2D eigenvalue weighted by molar-refractivity contribution is -0.137. The molecule has 0 saturated carbocycles. The number of benzene rings is 2. The first-order valence-electron chi connectivity index (χ1n) is 9.40. The van der Waals surface area contributed by atoms with Gasteiger partial charge in [-0.25, -0.2) is 4.79 Å². The van der Waals surface area contributed by atoms with Gasteiger partial charge >= 0.3 is 12.1 Å². The van der Waals surface area contributed by atoms with Gasteiger partial charge in [0.2, 0.25) is 0 Å². The molecule has 0 fully saturated rings. The van der Waals surface area contributed by atoms with Gasteiger partial charge in [0.05, 0.1) is 17.9 Å². The van der Waals surface area contributed by atoms with Crippen molar-refractivity contribution in [3.63, 3.8) is 0 Å². The minimum Gasteiger partial charge on any atom is -0.462 e. The molecule has 0 radical (unpaired) electrons. The molecule has 4 nitrogen and oxygen atoms in total. The number of hydrogen-bond donors (Lipinski definition) is 0. The fraction of sp³-hybridized carbons (Fsp3) is 0.130. The Kier molecular flexibility index (Phi) is 5.41. The molecule has 0 atom stereocenters. The van der Waals surface area contributed by atoms with Crippen molar-refractivity contribution in [3.05, 3.63) is 87.5 Å². The number of carbonyl (C=O) groups excluding carboxylic acids is 1. The van der Waals surface area contributed by atoms with Crippen LogP contribution in [0.1, 0.15) is 22.2 Å². The predicted molar refractivity (Wildman–Crippen MR) is 114 cm³/mol. The standard InChI is InChI=1S/C23H16F3NO3S/c1-2-30-22(29)20-19(14-6-4-3-5-7-14)17-12-13-18(28)27(21(17)31-20)16-10-8-15(9-11-16)23(24,25)26/h3-13H,2H2,1H3. The number of thiophene rings is 1. The minimum atomic E-state index is -4.48. The van der Waals surface area contributed by atoms with Crippen LogP contribution in [0.5, 0.6) is 0 Å². The Morgan fingerprint density at radius 2 is 1.68 bits per heavy atom. The molecule has 0 aliphatic heterocycles. The van der Waals surface area contributed by atoms with Gasteiger partial charge in [0, 0.05) is 17.0 Å². The number of aromatic nitrogens is 1. The molecule has 2 aromatic heterocycles. The highest BCUT2D eigenvalue weighted by atomic mass is 32.1. The smallest absolute Gasteiger partial charge is 0.416 e. The third-order valence-corrected chi connectivity index (χ3v) is 5.89. The molecule has 0 aliphatic carbocycles. The van der Waals surface area contributed by atoms with Crippen LogP contribution in [0.2, 0.25) is 0 Å². The number of nitrogens with zero attached hydrogens (tertiary/aromatic N) is 1. The fourth-order valence-electron chi connectivity index (χ4n) is 3.36. The van der Waals surface area contributed by atoms with Crippen LogP contribution in [-0.4, -0.2) is 17.1 Å². The predicted octanol–water partition coefficient (Wildman–Crippen LogP) is 5.91. The van der Waals surface area contributed by atoms with Crippen molar-refractivity contribution in [2.45, 2.75) is 13.1 Å². The third-order valence-electron chi connectivity index (χ3n) is 4.72. The van der Waals surface area contributed by atoms with Gasteiger partial charge < -0.3 is 4.74 Å². The van der Waals surface area contributed by atoms with E-state index in [2.05, 4.69) is 0 Å². The van der Waals surface area contributed by atoms with Crippen molar-refractivity contribution in [2.24, 2.45) is 0 Å². The third kappa shape index (κ3) is 3.86. The van der Waals surface area contributed by atoms with Crippen LogP contribution < -0.4 is 5.56 Å². The molecule has 0 unspecified atom stereocenters. The van der Waals surface area contributed by atoms with E-state index in [9.17, 15) is 22.8 Å². The summed E-state index contributed by atoms with van der Waals surface area (Å²) in [6, 6.07) is 16.5. The SMILES string of the molecule is CCOC(=O)c1sc2c(ccc(=O)n2-c2ccc(C(F)(F)F)cc2)c1-c1ccccc1. The molecule has 8 heteroatoms. The first kappa shape index (κ1) is 20.9. The van der Waals surface area contributed by atoms with Crippen molar-refractivity contribution < 1.29 is 22.7 Å². The van der Waals surface area contributed by atoms with Gasteiger partial charge in [0.15, 0.2) is 0 Å². The number of pyridine rings is 1. The van der Waals surface area contributed by atoms with E-state index in [0.29, 0.717) is 20.7 Å². The van der Waals surface area contributed by atoms with E-state index in [0.717, 1.165) is 29.0 Å². The normalized spacial score (nSPS) is 11.6. The second-order valence-electron chi connectivity index (χ2n) is 6.66. The molecule has 0 saturated heterocycles. The topological polar surface area (TPSA) is 48.3 Å². The van der Waals surface area contributed by atoms with Gasteiger partial charge in [-0.05, 0) is 42.8 Å². The van der Waals surface area contributed by atoms with Crippen LogP contribution in [-0.2, 0) is 10.9 Å². The number of esters is 1. The van der Waals surface area contributed by atoms with Crippen LogP contribution in [0, 0.1) is 0 Å². The number of rotatable bonds is 4. The van der Waals surface area contributed by atoms with E-state index < -0.39 is 23.3 Å². The Bertz CT molecular complexity index is 1310. The van der Waals surface area contributed by atoms with Gasteiger partial charge in [0.1, 0.15) is 9.71 Å². The van der Waals surface area contributed by atoms with E-state index in [1.54, 1.807) is 13.0 Å². The highest BCUT2D eigenvalue weighted by Crippen LogP contribution is 2.39. The number of fused-ring (bicyclic) bond motifs is 1. The summed E-state index contributed by atoms with van der Waals surface area (Å²) in [6.45, 7) is 1.89. The molecule has 2 heterocycles. The summed E-state index contributed by atoms with van der Waals surface area (Å²) in [5, 5.41) is 0.638. The van der Waals surface area contributed by atoms with Crippen molar-refractivity contribution in [1.29, 1.82) is 0 Å². The fourth-order valence-corrected chi connectivity index (χ4v) is 4.59. The zero-order valence-electron chi connectivity index (χ0n) is 16.3. The second kappa shape index (κ2) is 8.03. The van der Waals surface area contributed by atoms with E-state index in [1.807, 2.05) is 30.3 Å². The Labute approximate surface area is 179 Å². The van der Waals surface area contributed by atoms with Gasteiger partial charge in [-0.3, -0.25) is 9.36 Å². The zero-order valence-corrected chi connectivity index (χ0v) is 17.1. The van der Waals surface area contributed by atoms with Gasteiger partial charge in [-0.2, -0.15) is 13.2 Å². The maximum atomic E-state index is 12.9. The van der Waals surface area contributed by atoms with E-state index in [-0.39, 0.29) is 12.3 Å². The summed E-state index contributed by atoms with van der Waals surface area (Å²) >= 11 is 1.08. The maximum absolute atomic E-state index is 12.9. The van der Waals surface area contributed by atoms with E-state index in [1.165, 1.54) is 22.8 Å². The Hall–Kier alpha value is -3.39. The van der Waals surface area contributed by atoms with Crippen LogP contribution in [0.15, 0.2) is 71.5 Å². The maximum Gasteiger partial charge on any atom is 0.416 e. The summed E-state index contributed by atoms with van der Waals surface area (Å²) in [5.41, 5.74) is 0.456. The van der Waals surface area contributed by atoms with Crippen molar-refractivity contribution >= 4 is 27.5 Å². The number of ether oxygens (including phenoxy) is 1. The summed E-state index contributed by atoms with van der Waals surface area (Å²) in [6.07, 6.45) is -4.48. The second-order valence-corrected chi connectivity index (χ2v) is 7.66. The highest BCUT2D eigenvalue weighted by molar-refractivity contribution is 7.21. The lowest BCUT2D eigenvalue weighted by Gasteiger charge is -2.10. The lowest BCUT2D eigenvalue weighted by atomic mass is 10.0. The Balaban J connectivity index is 1.99. The molecular formula is C23H16F3NO3S. The number of carbonyl (C=O) groups is 1. The zero-order chi connectivity index (χ0) is 22.2. The number of halogens is 3. The van der Waals surface area contributed by atoms with Crippen LogP contribution in [0.25, 0.3) is 27.0 Å². The summed E-state index contributed by atoms with van der Waals surface area (Å²) in [4.78, 5) is 26.2. The molecule has 0 aliphatic rings. The minimum absolute atomic E-state index is 0.188. The Morgan fingerprint density at radius 1 is 1.00 bits per heavy atom. The van der Waals surface area contributed by atoms with E-state index >= 15 is 0 Å². The van der Waals surface area contributed by atoms with Crippen LogP contribution >= 0.6 is 11.3 Å². The van der Waals surface area contributed by atoms with Gasteiger partial charge in [-0.15, -0.1) is 11.3 Å². The summed E-state index contributed by atoms with van der Waals surface area (Å²) in [7, 11) is 0. The largest absolute Gasteiger partial charge is 0.462 e. The molecule has 0 spiro atoms. The van der Waals surface area contributed by atoms with Gasteiger partial charge in [-0.1, -0.05) is 30.3 Å². The highest BCUT2D eigenvalue weighted by Gasteiger charge is 2.30. The van der Waals surface area contributed by atoms with E-state index in [4.69, 9.17) is 4.74 Å². The molecule has 2 aromatic carbocycles. The van der Waals surface area contributed by atoms with Crippen LogP contribution in [0.3, 0.4) is 0 Å². The van der Waals surface area contributed by atoms with Gasteiger partial charge in [0.25, 0.3) is 5.56 Å². The number of hydrogen-bond acceptors (Lipinski definition) is 4. The molecule has 4 rings (SSSR count). The molecule has 0 bridgehead atoms. The molecule has 158 valence electrons. The van der Waals surface area contributed by atoms with Crippen LogP contribution in [0.4, 0.5) is 13.2 Å². The number of alkyl halides is 3. The first-order chi connectivity index (χ1) is 14.8. The first-order valence-corrected chi connectivity index (χ1v) is 10.2. The summed E-state index contributed by atoms with van der Waals surface area (Å²) in [5.74, 6) is -0.519. The quantitative estimate of drug-likeness (QED) is 0.368. The van der Waals surface area contributed by atoms with Crippen molar-refractivity contribution in [2.75, 3.05) is 6.61 Å². The van der Waals surface area contributed by atoms with Crippen molar-refractivity contribution in [1.82, 2.24) is 4.57 Å². The lowest BCUT2D eigenvalue weighted by Crippen LogP contribution is -2.16.